The zero-order chi connectivity index (χ0) is 19.6. The Balaban J connectivity index is 1.42. The van der Waals surface area contributed by atoms with Gasteiger partial charge in [0.25, 0.3) is 0 Å². The van der Waals surface area contributed by atoms with Crippen molar-refractivity contribution < 1.29 is 14.3 Å². The number of hydrogen-bond acceptors (Lipinski definition) is 5. The van der Waals surface area contributed by atoms with Gasteiger partial charge in [-0.2, -0.15) is 0 Å². The van der Waals surface area contributed by atoms with Crippen LogP contribution in [0.3, 0.4) is 0 Å². The number of anilines is 1. The molecule has 1 aliphatic carbocycles. The van der Waals surface area contributed by atoms with Crippen LogP contribution >= 0.6 is 0 Å². The van der Waals surface area contributed by atoms with Gasteiger partial charge in [0.05, 0.1) is 18.5 Å². The van der Waals surface area contributed by atoms with E-state index in [9.17, 15) is 4.79 Å². The molecule has 2 aliphatic rings. The number of nitrogens with zero attached hydrogens (tertiary/aromatic N) is 3. The highest BCUT2D eigenvalue weighted by molar-refractivity contribution is 5.89. The highest BCUT2D eigenvalue weighted by atomic mass is 16.5. The molecule has 1 aromatic rings. The van der Waals surface area contributed by atoms with Gasteiger partial charge in [0, 0.05) is 39.4 Å². The molecule has 7 nitrogen and oxygen atoms in total. The Hall–Kier alpha value is -1.86. The second-order valence-electron chi connectivity index (χ2n) is 7.80. The molecule has 0 radical (unpaired) electrons. The molecule has 0 bridgehead atoms. The SMILES string of the molecule is COCCOc1ccc(NC(=O)N2CCCN(CC3CCCCC3)CC2)cn1. The van der Waals surface area contributed by atoms with Crippen molar-refractivity contribution >= 4 is 11.7 Å². The predicted molar refractivity (Wildman–Crippen MR) is 110 cm³/mol. The summed E-state index contributed by atoms with van der Waals surface area (Å²) in [5.41, 5.74) is 0.687. The number of nitrogens with one attached hydrogen (secondary N) is 1. The molecule has 1 aromatic heterocycles. The van der Waals surface area contributed by atoms with Crippen LogP contribution in [0.4, 0.5) is 10.5 Å². The number of methoxy groups -OCH3 is 1. The lowest BCUT2D eigenvalue weighted by molar-refractivity contribution is 0.144. The summed E-state index contributed by atoms with van der Waals surface area (Å²) in [6.45, 7) is 5.82. The van der Waals surface area contributed by atoms with Gasteiger partial charge in [-0.3, -0.25) is 0 Å². The lowest BCUT2D eigenvalue weighted by Crippen LogP contribution is -2.39. The highest BCUT2D eigenvalue weighted by Gasteiger charge is 2.22. The first-order chi connectivity index (χ1) is 13.7. The Kier molecular flexibility index (Phi) is 8.36. The van der Waals surface area contributed by atoms with Crippen LogP contribution in [0.25, 0.3) is 0 Å². The molecule has 1 saturated heterocycles. The molecule has 0 spiro atoms. The van der Waals surface area contributed by atoms with Gasteiger partial charge in [-0.15, -0.1) is 0 Å². The molecular weight excluding hydrogens is 356 g/mol. The fourth-order valence-corrected chi connectivity index (χ4v) is 4.06. The van der Waals surface area contributed by atoms with E-state index in [0.29, 0.717) is 24.8 Å². The summed E-state index contributed by atoms with van der Waals surface area (Å²) in [5, 5.41) is 2.96. The number of rotatable bonds is 7. The molecule has 1 saturated carbocycles. The average Bonchev–Trinajstić information content (AvgIpc) is 2.96. The van der Waals surface area contributed by atoms with E-state index in [-0.39, 0.29) is 6.03 Å². The minimum atomic E-state index is -0.0469. The van der Waals surface area contributed by atoms with Crippen LogP contribution in [-0.2, 0) is 4.74 Å². The largest absolute Gasteiger partial charge is 0.475 e. The zero-order valence-corrected chi connectivity index (χ0v) is 17.1. The molecule has 0 unspecified atom stereocenters. The van der Waals surface area contributed by atoms with Crippen molar-refractivity contribution in [1.82, 2.24) is 14.8 Å². The maximum atomic E-state index is 12.6. The third-order valence-electron chi connectivity index (χ3n) is 5.64. The van der Waals surface area contributed by atoms with Crippen molar-refractivity contribution in [2.45, 2.75) is 38.5 Å². The van der Waals surface area contributed by atoms with Gasteiger partial charge in [0.1, 0.15) is 6.61 Å². The van der Waals surface area contributed by atoms with Crippen LogP contribution in [0.2, 0.25) is 0 Å². The molecule has 0 atom stereocenters. The summed E-state index contributed by atoms with van der Waals surface area (Å²) in [6.07, 6.45) is 9.59. The van der Waals surface area contributed by atoms with Gasteiger partial charge < -0.3 is 24.6 Å². The van der Waals surface area contributed by atoms with Gasteiger partial charge in [-0.1, -0.05) is 19.3 Å². The summed E-state index contributed by atoms with van der Waals surface area (Å²) >= 11 is 0. The van der Waals surface area contributed by atoms with Crippen molar-refractivity contribution in [3.8, 4) is 5.88 Å². The van der Waals surface area contributed by atoms with Crippen LogP contribution in [-0.4, -0.2) is 73.9 Å². The van der Waals surface area contributed by atoms with Crippen LogP contribution in [0.5, 0.6) is 5.88 Å². The molecule has 28 heavy (non-hydrogen) atoms. The Bertz CT molecular complexity index is 590. The number of carbonyl (C=O) groups excluding carboxylic acids is 1. The third kappa shape index (κ3) is 6.63. The summed E-state index contributed by atoms with van der Waals surface area (Å²) < 4.78 is 10.4. The topological polar surface area (TPSA) is 66.9 Å². The van der Waals surface area contributed by atoms with Crippen molar-refractivity contribution in [2.24, 2.45) is 5.92 Å². The van der Waals surface area contributed by atoms with Crippen molar-refractivity contribution in [2.75, 3.05) is 58.4 Å². The number of aromatic nitrogens is 1. The Labute approximate surface area is 168 Å². The van der Waals surface area contributed by atoms with Gasteiger partial charge in [0.2, 0.25) is 5.88 Å². The smallest absolute Gasteiger partial charge is 0.321 e. The monoisotopic (exact) mass is 390 g/mol. The molecular formula is C21H34N4O3. The first-order valence-electron chi connectivity index (χ1n) is 10.6. The summed E-state index contributed by atoms with van der Waals surface area (Å²) in [5.74, 6) is 1.38. The van der Waals surface area contributed by atoms with E-state index in [1.54, 1.807) is 19.4 Å². The number of urea groups is 1. The Morgan fingerprint density at radius 3 is 2.71 bits per heavy atom. The van der Waals surface area contributed by atoms with E-state index in [1.165, 1.54) is 38.6 Å². The molecule has 1 aliphatic heterocycles. The van der Waals surface area contributed by atoms with Crippen molar-refractivity contribution in [1.29, 1.82) is 0 Å². The molecule has 7 heteroatoms. The van der Waals surface area contributed by atoms with Crippen LogP contribution in [0, 0.1) is 5.92 Å². The van der Waals surface area contributed by atoms with Gasteiger partial charge >= 0.3 is 6.03 Å². The second kappa shape index (κ2) is 11.2. The standard InChI is InChI=1S/C21H34N4O3/c1-27-14-15-28-20-9-8-19(16-22-20)23-21(26)25-11-5-10-24(12-13-25)17-18-6-3-2-4-7-18/h8-9,16,18H,2-7,10-15,17H2,1H3,(H,23,26). The van der Waals surface area contributed by atoms with Crippen molar-refractivity contribution in [3.05, 3.63) is 18.3 Å². The number of pyridine rings is 1. The molecule has 2 heterocycles. The summed E-state index contributed by atoms with van der Waals surface area (Å²) in [7, 11) is 1.63. The van der Waals surface area contributed by atoms with E-state index in [4.69, 9.17) is 9.47 Å². The van der Waals surface area contributed by atoms with Gasteiger partial charge in [0.15, 0.2) is 0 Å². The predicted octanol–water partition coefficient (Wildman–Crippen LogP) is 3.23. The molecule has 0 aromatic carbocycles. The van der Waals surface area contributed by atoms with Crippen molar-refractivity contribution in [3.63, 3.8) is 0 Å². The van der Waals surface area contributed by atoms with Crippen LogP contribution < -0.4 is 10.1 Å². The lowest BCUT2D eigenvalue weighted by Gasteiger charge is -2.28. The minimum Gasteiger partial charge on any atom is -0.475 e. The average molecular weight is 391 g/mol. The molecule has 1 N–H and O–H groups in total. The first-order valence-corrected chi connectivity index (χ1v) is 10.6. The number of carbonyl (C=O) groups is 1. The Morgan fingerprint density at radius 2 is 1.96 bits per heavy atom. The maximum Gasteiger partial charge on any atom is 0.321 e. The van der Waals surface area contributed by atoms with Crippen LogP contribution in [0.15, 0.2) is 18.3 Å². The second-order valence-corrected chi connectivity index (χ2v) is 7.80. The number of amides is 2. The zero-order valence-electron chi connectivity index (χ0n) is 17.1. The molecule has 3 rings (SSSR count). The van der Waals surface area contributed by atoms with E-state index in [0.717, 1.165) is 38.5 Å². The highest BCUT2D eigenvalue weighted by Crippen LogP contribution is 2.24. The number of hydrogen-bond donors (Lipinski definition) is 1. The van der Waals surface area contributed by atoms with Gasteiger partial charge in [-0.05, 0) is 37.8 Å². The van der Waals surface area contributed by atoms with Crippen LogP contribution in [0.1, 0.15) is 38.5 Å². The summed E-state index contributed by atoms with van der Waals surface area (Å²) in [6, 6.07) is 3.54. The Morgan fingerprint density at radius 1 is 1.11 bits per heavy atom. The molecule has 2 fully saturated rings. The first kappa shape index (κ1) is 20.9. The fourth-order valence-electron chi connectivity index (χ4n) is 4.06. The minimum absolute atomic E-state index is 0.0469. The molecule has 156 valence electrons. The maximum absolute atomic E-state index is 12.6. The van der Waals surface area contributed by atoms with E-state index in [1.807, 2.05) is 11.0 Å². The summed E-state index contributed by atoms with van der Waals surface area (Å²) in [4.78, 5) is 21.3. The quantitative estimate of drug-likeness (QED) is 0.724. The third-order valence-corrected chi connectivity index (χ3v) is 5.64. The number of ether oxygens (including phenoxy) is 2. The molecule has 2 amide bonds. The van der Waals surface area contributed by atoms with E-state index in [2.05, 4.69) is 15.2 Å². The lowest BCUT2D eigenvalue weighted by atomic mass is 9.89. The fraction of sp³-hybridized carbons (Fsp3) is 0.714. The van der Waals surface area contributed by atoms with Gasteiger partial charge in [-0.25, -0.2) is 9.78 Å². The van der Waals surface area contributed by atoms with E-state index < -0.39 is 0 Å². The van der Waals surface area contributed by atoms with E-state index >= 15 is 0 Å². The normalized spacial score (nSPS) is 19.2.